The molecule has 11 heteroatoms. The van der Waals surface area contributed by atoms with Gasteiger partial charge in [0.15, 0.2) is 0 Å². The molecule has 156 valence electrons. The van der Waals surface area contributed by atoms with Crippen LogP contribution >= 0.6 is 23.5 Å². The van der Waals surface area contributed by atoms with E-state index >= 15 is 0 Å². The number of esters is 1. The van der Waals surface area contributed by atoms with Gasteiger partial charge in [-0.1, -0.05) is 19.9 Å². The summed E-state index contributed by atoms with van der Waals surface area (Å²) in [4.78, 5) is 48.4. The number of aliphatic hydroxyl groups excluding tert-OH is 1. The molecule has 1 fully saturated rings. The molecule has 0 aliphatic carbocycles. The van der Waals surface area contributed by atoms with Crippen molar-refractivity contribution in [1.29, 1.82) is 0 Å². The molecule has 1 aromatic rings. The van der Waals surface area contributed by atoms with E-state index in [1.807, 2.05) is 13.8 Å². The van der Waals surface area contributed by atoms with Crippen LogP contribution in [0.15, 0.2) is 28.0 Å². The fourth-order valence-corrected chi connectivity index (χ4v) is 3.86. The fraction of sp³-hybridized carbons (Fsp3) is 0.389. The molecule has 0 atom stereocenters. The van der Waals surface area contributed by atoms with E-state index < -0.39 is 28.6 Å². The summed E-state index contributed by atoms with van der Waals surface area (Å²) in [6.07, 6.45) is 1.37. The van der Waals surface area contributed by atoms with Crippen LogP contribution in [0.3, 0.4) is 0 Å². The third-order valence-electron chi connectivity index (χ3n) is 3.56. The van der Waals surface area contributed by atoms with Crippen LogP contribution < -0.4 is 0 Å². The van der Waals surface area contributed by atoms with Crippen molar-refractivity contribution in [3.8, 4) is 0 Å². The van der Waals surface area contributed by atoms with Gasteiger partial charge in [0.05, 0.1) is 27.9 Å². The number of aliphatic hydroxyl groups is 1. The predicted molar refractivity (Wildman–Crippen MR) is 109 cm³/mol. The zero-order valence-corrected chi connectivity index (χ0v) is 17.5. The van der Waals surface area contributed by atoms with Gasteiger partial charge in [0, 0.05) is 11.8 Å². The lowest BCUT2D eigenvalue weighted by Crippen LogP contribution is -2.34. The van der Waals surface area contributed by atoms with Crippen LogP contribution in [0, 0.1) is 16.0 Å². The van der Waals surface area contributed by atoms with Crippen LogP contribution in [-0.2, 0) is 14.3 Å². The Morgan fingerprint density at radius 1 is 1.41 bits per heavy atom. The van der Waals surface area contributed by atoms with Gasteiger partial charge in [-0.3, -0.25) is 29.4 Å². The second kappa shape index (κ2) is 10.4. The number of nitrogens with zero attached hydrogens (tertiary/aromatic N) is 2. The Hall–Kier alpha value is -2.37. The van der Waals surface area contributed by atoms with Crippen LogP contribution in [0.5, 0.6) is 0 Å². The topological polar surface area (TPSA) is 127 Å². The van der Waals surface area contributed by atoms with Gasteiger partial charge in [-0.15, -0.1) is 11.8 Å². The number of carbonyl (C=O) groups is 3. The van der Waals surface area contributed by atoms with E-state index in [9.17, 15) is 24.5 Å². The minimum Gasteiger partial charge on any atom is -0.464 e. The SMILES string of the molecule is CC(C)COC(=O)CN1C(=O)S/C(=C\c2ccc(SCCO)c([N+](=O)[O-])c2)C1=O. The van der Waals surface area contributed by atoms with Gasteiger partial charge >= 0.3 is 5.97 Å². The number of ether oxygens (including phenoxy) is 1. The smallest absolute Gasteiger partial charge is 0.326 e. The summed E-state index contributed by atoms with van der Waals surface area (Å²) >= 11 is 1.80. The Labute approximate surface area is 175 Å². The van der Waals surface area contributed by atoms with E-state index in [1.54, 1.807) is 6.07 Å². The van der Waals surface area contributed by atoms with Gasteiger partial charge < -0.3 is 9.84 Å². The van der Waals surface area contributed by atoms with E-state index in [2.05, 4.69) is 0 Å². The average molecular weight is 440 g/mol. The fourth-order valence-electron chi connectivity index (χ4n) is 2.27. The Bertz CT molecular complexity index is 855. The molecule has 0 saturated carbocycles. The highest BCUT2D eigenvalue weighted by atomic mass is 32.2. The lowest BCUT2D eigenvalue weighted by atomic mass is 10.2. The van der Waals surface area contributed by atoms with Crippen molar-refractivity contribution in [1.82, 2.24) is 4.90 Å². The second-order valence-electron chi connectivity index (χ2n) is 6.40. The molecule has 1 heterocycles. The van der Waals surface area contributed by atoms with Crippen molar-refractivity contribution in [3.63, 3.8) is 0 Å². The third-order valence-corrected chi connectivity index (χ3v) is 5.52. The number of hydrogen-bond donors (Lipinski definition) is 1. The van der Waals surface area contributed by atoms with Crippen molar-refractivity contribution in [2.75, 3.05) is 25.5 Å². The molecule has 9 nitrogen and oxygen atoms in total. The Morgan fingerprint density at radius 2 is 2.14 bits per heavy atom. The molecule has 29 heavy (non-hydrogen) atoms. The van der Waals surface area contributed by atoms with Crippen molar-refractivity contribution >= 4 is 52.4 Å². The first-order valence-corrected chi connectivity index (χ1v) is 10.5. The Kier molecular flexibility index (Phi) is 8.23. The number of rotatable bonds is 9. The van der Waals surface area contributed by atoms with Gasteiger partial charge in [0.2, 0.25) is 0 Å². The molecule has 1 N–H and O–H groups in total. The zero-order valence-electron chi connectivity index (χ0n) is 15.8. The molecular weight excluding hydrogens is 420 g/mol. The first-order valence-electron chi connectivity index (χ1n) is 8.66. The van der Waals surface area contributed by atoms with Crippen molar-refractivity contribution in [3.05, 3.63) is 38.8 Å². The number of amides is 2. The highest BCUT2D eigenvalue weighted by molar-refractivity contribution is 8.18. The number of imide groups is 1. The molecule has 2 rings (SSSR count). The molecule has 1 saturated heterocycles. The maximum absolute atomic E-state index is 12.5. The Balaban J connectivity index is 2.17. The van der Waals surface area contributed by atoms with Gasteiger partial charge in [-0.05, 0) is 35.4 Å². The molecule has 2 amide bonds. The zero-order chi connectivity index (χ0) is 21.6. The standard InChI is InChI=1S/C18H20N2O7S2/c1-11(2)10-27-16(22)9-19-17(23)15(29-18(19)24)8-12-3-4-14(28-6-5-21)13(7-12)20(25)26/h3-4,7-8,11,21H,5-6,9-10H2,1-2H3/b15-8-. The van der Waals surface area contributed by atoms with E-state index in [4.69, 9.17) is 9.84 Å². The quantitative estimate of drug-likeness (QED) is 0.203. The molecule has 0 spiro atoms. The van der Waals surface area contributed by atoms with Crippen LogP contribution in [0.1, 0.15) is 19.4 Å². The van der Waals surface area contributed by atoms with Gasteiger partial charge in [0.1, 0.15) is 6.54 Å². The highest BCUT2D eigenvalue weighted by Gasteiger charge is 2.36. The van der Waals surface area contributed by atoms with E-state index in [0.29, 0.717) is 28.0 Å². The summed E-state index contributed by atoms with van der Waals surface area (Å²) in [5.74, 6) is -0.888. The largest absolute Gasteiger partial charge is 0.464 e. The van der Waals surface area contributed by atoms with Gasteiger partial charge in [-0.2, -0.15) is 0 Å². The van der Waals surface area contributed by atoms with E-state index in [-0.39, 0.29) is 29.7 Å². The van der Waals surface area contributed by atoms with Crippen LogP contribution in [0.2, 0.25) is 0 Å². The molecule has 0 aromatic heterocycles. The van der Waals surface area contributed by atoms with E-state index in [1.165, 1.54) is 18.2 Å². The summed E-state index contributed by atoms with van der Waals surface area (Å²) in [5.41, 5.74) is 0.214. The Morgan fingerprint density at radius 3 is 2.76 bits per heavy atom. The summed E-state index contributed by atoms with van der Waals surface area (Å²) in [6.45, 7) is 3.32. The number of carbonyl (C=O) groups excluding carboxylic acids is 3. The second-order valence-corrected chi connectivity index (χ2v) is 8.53. The number of thioether (sulfide) groups is 2. The van der Waals surface area contributed by atoms with Gasteiger partial charge in [0.25, 0.3) is 16.8 Å². The minimum atomic E-state index is -0.678. The molecule has 1 aliphatic rings. The van der Waals surface area contributed by atoms with E-state index in [0.717, 1.165) is 16.7 Å². The van der Waals surface area contributed by atoms with Crippen LogP contribution in [0.25, 0.3) is 6.08 Å². The molecule has 1 aromatic carbocycles. The summed E-state index contributed by atoms with van der Waals surface area (Å²) in [7, 11) is 0. The number of nitro benzene ring substituents is 1. The molecular formula is C18H20N2O7S2. The lowest BCUT2D eigenvalue weighted by Gasteiger charge is -2.12. The third kappa shape index (κ3) is 6.31. The maximum Gasteiger partial charge on any atom is 0.326 e. The van der Waals surface area contributed by atoms with Gasteiger partial charge in [-0.25, -0.2) is 0 Å². The first kappa shape index (κ1) is 22.9. The maximum atomic E-state index is 12.5. The first-order chi connectivity index (χ1) is 13.7. The van der Waals surface area contributed by atoms with Crippen molar-refractivity contribution in [2.24, 2.45) is 5.92 Å². The highest BCUT2D eigenvalue weighted by Crippen LogP contribution is 2.34. The summed E-state index contributed by atoms with van der Waals surface area (Å²) < 4.78 is 4.99. The molecule has 0 unspecified atom stereocenters. The molecule has 0 bridgehead atoms. The van der Waals surface area contributed by atoms with Crippen LogP contribution in [0.4, 0.5) is 10.5 Å². The normalized spacial score (nSPS) is 15.4. The monoisotopic (exact) mass is 440 g/mol. The predicted octanol–water partition coefficient (Wildman–Crippen LogP) is 2.91. The minimum absolute atomic E-state index is 0.0664. The number of hydrogen-bond acceptors (Lipinski definition) is 9. The number of benzene rings is 1. The molecule has 0 radical (unpaired) electrons. The average Bonchev–Trinajstić information content (AvgIpc) is 2.92. The lowest BCUT2D eigenvalue weighted by molar-refractivity contribution is -0.387. The summed E-state index contributed by atoms with van der Waals surface area (Å²) in [5, 5.41) is 19.6. The molecule has 1 aliphatic heterocycles. The van der Waals surface area contributed by atoms with Crippen molar-refractivity contribution in [2.45, 2.75) is 18.7 Å². The van der Waals surface area contributed by atoms with Crippen molar-refractivity contribution < 1.29 is 29.2 Å². The van der Waals surface area contributed by atoms with Crippen LogP contribution in [-0.4, -0.2) is 57.6 Å². The number of nitro groups is 1. The summed E-state index contributed by atoms with van der Waals surface area (Å²) in [6, 6.07) is 4.40.